The standard InChI is InChI=1S/C14H20N4OS/c1-3-9-15-12(11-7-5-4-6-8-11)10-20-14-17-16-13(19)18(14)2/h4-8,12,15H,3,9-10H2,1-2H3,(H,16,19). The number of aromatic nitrogens is 3. The van der Waals surface area contributed by atoms with Crippen molar-refractivity contribution in [3.05, 3.63) is 46.4 Å². The highest BCUT2D eigenvalue weighted by Gasteiger charge is 2.13. The molecule has 6 heteroatoms. The van der Waals surface area contributed by atoms with Crippen LogP contribution >= 0.6 is 11.8 Å². The fourth-order valence-electron chi connectivity index (χ4n) is 1.90. The first-order chi connectivity index (χ1) is 9.72. The van der Waals surface area contributed by atoms with Gasteiger partial charge in [-0.1, -0.05) is 49.0 Å². The molecule has 108 valence electrons. The number of hydrogen-bond donors (Lipinski definition) is 2. The number of benzene rings is 1. The van der Waals surface area contributed by atoms with Crippen LogP contribution in [0.5, 0.6) is 0 Å². The van der Waals surface area contributed by atoms with E-state index in [9.17, 15) is 4.79 Å². The fraction of sp³-hybridized carbons (Fsp3) is 0.429. The van der Waals surface area contributed by atoms with Gasteiger partial charge in [0, 0.05) is 18.8 Å². The Balaban J connectivity index is 2.04. The Morgan fingerprint density at radius 1 is 1.40 bits per heavy atom. The van der Waals surface area contributed by atoms with Crippen LogP contribution in [0, 0.1) is 0 Å². The molecule has 0 amide bonds. The Morgan fingerprint density at radius 2 is 2.15 bits per heavy atom. The zero-order valence-corrected chi connectivity index (χ0v) is 12.6. The van der Waals surface area contributed by atoms with E-state index in [0.717, 1.165) is 18.7 Å². The molecule has 0 saturated heterocycles. The molecule has 1 heterocycles. The minimum atomic E-state index is -0.176. The van der Waals surface area contributed by atoms with Crippen LogP contribution in [-0.4, -0.2) is 27.1 Å². The SMILES string of the molecule is CCCNC(CSc1n[nH]c(=O)n1C)c1ccccc1. The summed E-state index contributed by atoms with van der Waals surface area (Å²) in [6.45, 7) is 3.12. The Kier molecular flexibility index (Phi) is 5.43. The molecule has 0 aliphatic heterocycles. The third-order valence-electron chi connectivity index (χ3n) is 3.06. The molecular weight excluding hydrogens is 272 g/mol. The third-order valence-corrected chi connectivity index (χ3v) is 4.18. The lowest BCUT2D eigenvalue weighted by Gasteiger charge is -2.18. The average molecular weight is 292 g/mol. The topological polar surface area (TPSA) is 62.7 Å². The lowest BCUT2D eigenvalue weighted by Crippen LogP contribution is -2.24. The number of aromatic amines is 1. The van der Waals surface area contributed by atoms with Crippen molar-refractivity contribution in [2.45, 2.75) is 24.5 Å². The van der Waals surface area contributed by atoms with Crippen LogP contribution in [-0.2, 0) is 7.05 Å². The van der Waals surface area contributed by atoms with Gasteiger partial charge in [0.05, 0.1) is 0 Å². The van der Waals surface area contributed by atoms with Crippen molar-refractivity contribution >= 4 is 11.8 Å². The molecule has 0 aliphatic rings. The third kappa shape index (κ3) is 3.74. The van der Waals surface area contributed by atoms with Crippen molar-refractivity contribution < 1.29 is 0 Å². The van der Waals surface area contributed by atoms with Gasteiger partial charge in [-0.25, -0.2) is 9.89 Å². The van der Waals surface area contributed by atoms with Gasteiger partial charge in [0.2, 0.25) is 0 Å². The van der Waals surface area contributed by atoms with Crippen LogP contribution in [0.3, 0.4) is 0 Å². The lowest BCUT2D eigenvalue weighted by atomic mass is 10.1. The molecule has 0 fully saturated rings. The normalized spacial score (nSPS) is 12.5. The van der Waals surface area contributed by atoms with E-state index in [2.05, 4.69) is 34.6 Å². The molecule has 0 aliphatic carbocycles. The molecule has 2 rings (SSSR count). The molecule has 2 aromatic rings. The Morgan fingerprint density at radius 3 is 2.75 bits per heavy atom. The van der Waals surface area contributed by atoms with Gasteiger partial charge in [-0.15, -0.1) is 5.10 Å². The molecule has 20 heavy (non-hydrogen) atoms. The summed E-state index contributed by atoms with van der Waals surface area (Å²) in [4.78, 5) is 11.3. The smallest absolute Gasteiger partial charge is 0.309 e. The first-order valence-electron chi connectivity index (χ1n) is 6.75. The Bertz CT molecular complexity index is 578. The van der Waals surface area contributed by atoms with Gasteiger partial charge in [-0.05, 0) is 18.5 Å². The molecule has 1 unspecified atom stereocenters. The summed E-state index contributed by atoms with van der Waals surface area (Å²) in [5.41, 5.74) is 1.08. The largest absolute Gasteiger partial charge is 0.343 e. The number of nitrogens with one attached hydrogen (secondary N) is 2. The van der Waals surface area contributed by atoms with E-state index >= 15 is 0 Å². The maximum atomic E-state index is 11.3. The van der Waals surface area contributed by atoms with Crippen LogP contribution in [0.2, 0.25) is 0 Å². The molecule has 0 saturated carbocycles. The molecule has 1 aromatic heterocycles. The maximum absolute atomic E-state index is 11.3. The summed E-state index contributed by atoms with van der Waals surface area (Å²) in [5, 5.41) is 10.7. The van der Waals surface area contributed by atoms with E-state index in [1.54, 1.807) is 18.8 Å². The first-order valence-corrected chi connectivity index (χ1v) is 7.73. The fourth-order valence-corrected chi connectivity index (χ4v) is 2.91. The van der Waals surface area contributed by atoms with Crippen molar-refractivity contribution in [2.24, 2.45) is 7.05 Å². The second kappa shape index (κ2) is 7.31. The van der Waals surface area contributed by atoms with Crippen LogP contribution < -0.4 is 11.0 Å². The molecule has 0 spiro atoms. The molecule has 5 nitrogen and oxygen atoms in total. The minimum absolute atomic E-state index is 0.176. The number of H-pyrrole nitrogens is 1. The van der Waals surface area contributed by atoms with Gasteiger partial charge in [0.1, 0.15) is 0 Å². The highest BCUT2D eigenvalue weighted by Crippen LogP contribution is 2.22. The van der Waals surface area contributed by atoms with Gasteiger partial charge in [-0.2, -0.15) is 0 Å². The van der Waals surface area contributed by atoms with Crippen molar-refractivity contribution in [3.63, 3.8) is 0 Å². The van der Waals surface area contributed by atoms with E-state index in [1.165, 1.54) is 10.1 Å². The zero-order valence-electron chi connectivity index (χ0n) is 11.8. The van der Waals surface area contributed by atoms with Crippen LogP contribution in [0.4, 0.5) is 0 Å². The van der Waals surface area contributed by atoms with E-state index in [1.807, 2.05) is 18.2 Å². The molecule has 0 radical (unpaired) electrons. The van der Waals surface area contributed by atoms with Crippen LogP contribution in [0.15, 0.2) is 40.3 Å². The highest BCUT2D eigenvalue weighted by atomic mass is 32.2. The lowest BCUT2D eigenvalue weighted by molar-refractivity contribution is 0.576. The summed E-state index contributed by atoms with van der Waals surface area (Å²) in [6, 6.07) is 10.6. The Labute approximate surface area is 122 Å². The second-order valence-electron chi connectivity index (χ2n) is 4.60. The summed E-state index contributed by atoms with van der Waals surface area (Å²) in [6.07, 6.45) is 1.09. The zero-order chi connectivity index (χ0) is 14.4. The van der Waals surface area contributed by atoms with E-state index in [0.29, 0.717) is 5.16 Å². The van der Waals surface area contributed by atoms with E-state index in [-0.39, 0.29) is 11.7 Å². The van der Waals surface area contributed by atoms with Crippen molar-refractivity contribution in [1.82, 2.24) is 20.1 Å². The molecule has 1 aromatic carbocycles. The average Bonchev–Trinajstić information content (AvgIpc) is 2.80. The predicted molar refractivity (Wildman–Crippen MR) is 82.0 cm³/mol. The summed E-state index contributed by atoms with van der Waals surface area (Å²) in [7, 11) is 1.73. The molecule has 0 bridgehead atoms. The summed E-state index contributed by atoms with van der Waals surface area (Å²) in [5.74, 6) is 0.835. The second-order valence-corrected chi connectivity index (χ2v) is 5.59. The number of nitrogens with zero attached hydrogens (tertiary/aromatic N) is 2. The molecule has 1 atom stereocenters. The first kappa shape index (κ1) is 14.9. The van der Waals surface area contributed by atoms with Crippen molar-refractivity contribution in [1.29, 1.82) is 0 Å². The monoisotopic (exact) mass is 292 g/mol. The van der Waals surface area contributed by atoms with Crippen molar-refractivity contribution in [3.8, 4) is 0 Å². The summed E-state index contributed by atoms with van der Waals surface area (Å²) >= 11 is 1.58. The molecule has 2 N–H and O–H groups in total. The maximum Gasteiger partial charge on any atom is 0.343 e. The van der Waals surface area contributed by atoms with Gasteiger partial charge in [0.25, 0.3) is 0 Å². The van der Waals surface area contributed by atoms with Crippen LogP contribution in [0.25, 0.3) is 0 Å². The van der Waals surface area contributed by atoms with E-state index in [4.69, 9.17) is 0 Å². The molecular formula is C14H20N4OS. The van der Waals surface area contributed by atoms with Gasteiger partial charge < -0.3 is 5.32 Å². The van der Waals surface area contributed by atoms with Gasteiger partial charge >= 0.3 is 5.69 Å². The number of rotatable bonds is 7. The minimum Gasteiger partial charge on any atom is -0.309 e. The predicted octanol–water partition coefficient (Wildman–Crippen LogP) is 1.94. The van der Waals surface area contributed by atoms with Gasteiger partial charge in [-0.3, -0.25) is 4.57 Å². The van der Waals surface area contributed by atoms with Gasteiger partial charge in [0.15, 0.2) is 5.16 Å². The van der Waals surface area contributed by atoms with Crippen LogP contribution in [0.1, 0.15) is 24.9 Å². The quantitative estimate of drug-likeness (QED) is 0.766. The number of hydrogen-bond acceptors (Lipinski definition) is 4. The number of thioether (sulfide) groups is 1. The Hall–Kier alpha value is -1.53. The van der Waals surface area contributed by atoms with Crippen molar-refractivity contribution in [2.75, 3.05) is 12.3 Å². The van der Waals surface area contributed by atoms with E-state index < -0.39 is 0 Å². The summed E-state index contributed by atoms with van der Waals surface area (Å²) < 4.78 is 1.53. The highest BCUT2D eigenvalue weighted by molar-refractivity contribution is 7.99.